The molecule has 2 aliphatic rings. The summed E-state index contributed by atoms with van der Waals surface area (Å²) in [5, 5.41) is 4.67. The van der Waals surface area contributed by atoms with Crippen molar-refractivity contribution in [1.29, 1.82) is 0 Å². The van der Waals surface area contributed by atoms with Crippen LogP contribution in [-0.2, 0) is 22.5 Å². The van der Waals surface area contributed by atoms with E-state index in [0.717, 1.165) is 69.1 Å². The fourth-order valence-electron chi connectivity index (χ4n) is 4.94. The molecule has 0 bridgehead atoms. The van der Waals surface area contributed by atoms with E-state index in [1.807, 2.05) is 6.92 Å². The van der Waals surface area contributed by atoms with Gasteiger partial charge < -0.3 is 9.64 Å². The van der Waals surface area contributed by atoms with Gasteiger partial charge in [-0.15, -0.1) is 0 Å². The molecule has 2 unspecified atom stereocenters. The van der Waals surface area contributed by atoms with E-state index in [9.17, 15) is 4.79 Å². The van der Waals surface area contributed by atoms with Gasteiger partial charge in [0.15, 0.2) is 0 Å². The zero-order valence-electron chi connectivity index (χ0n) is 19.3. The normalized spacial score (nSPS) is 24.4. The second-order valence-electron chi connectivity index (χ2n) is 9.70. The third kappa shape index (κ3) is 5.82. The number of morpholine rings is 1. The number of aromatic nitrogens is 2. The highest BCUT2D eigenvalue weighted by Gasteiger charge is 2.28. The Balaban J connectivity index is 1.50. The molecule has 0 radical (unpaired) electrons. The van der Waals surface area contributed by atoms with Crippen LogP contribution in [0.1, 0.15) is 57.5 Å². The Hall–Kier alpha value is -1.40. The second kappa shape index (κ2) is 9.61. The van der Waals surface area contributed by atoms with Crippen molar-refractivity contribution in [2.75, 3.05) is 32.7 Å². The van der Waals surface area contributed by atoms with E-state index in [4.69, 9.17) is 4.74 Å². The Kier molecular flexibility index (Phi) is 7.38. The highest BCUT2D eigenvalue weighted by Crippen LogP contribution is 2.23. The maximum Gasteiger partial charge on any atom is 0.227 e. The van der Waals surface area contributed by atoms with Gasteiger partial charge in [0.25, 0.3) is 0 Å². The maximum atomic E-state index is 12.9. The van der Waals surface area contributed by atoms with Crippen molar-refractivity contribution in [2.24, 2.45) is 11.8 Å². The van der Waals surface area contributed by atoms with Gasteiger partial charge in [0.1, 0.15) is 0 Å². The van der Waals surface area contributed by atoms with Gasteiger partial charge in [0.05, 0.1) is 24.3 Å². The predicted molar refractivity (Wildman–Crippen MR) is 116 cm³/mol. The van der Waals surface area contributed by atoms with Crippen molar-refractivity contribution in [2.45, 2.75) is 79.6 Å². The van der Waals surface area contributed by atoms with Crippen LogP contribution >= 0.6 is 0 Å². The monoisotopic (exact) mass is 404 g/mol. The van der Waals surface area contributed by atoms with Crippen molar-refractivity contribution < 1.29 is 9.53 Å². The molecule has 2 fully saturated rings. The minimum Gasteiger partial charge on any atom is -0.373 e. The van der Waals surface area contributed by atoms with Crippen molar-refractivity contribution in [3.8, 4) is 0 Å². The van der Waals surface area contributed by atoms with Gasteiger partial charge in [-0.1, -0.05) is 13.8 Å². The summed E-state index contributed by atoms with van der Waals surface area (Å²) in [7, 11) is 0. The van der Waals surface area contributed by atoms with E-state index in [2.05, 4.69) is 54.2 Å². The minimum atomic E-state index is 0.257. The summed E-state index contributed by atoms with van der Waals surface area (Å²) >= 11 is 0. The molecule has 1 aromatic rings. The predicted octanol–water partition coefficient (Wildman–Crippen LogP) is 3.05. The highest BCUT2D eigenvalue weighted by molar-refractivity contribution is 5.79. The Labute approximate surface area is 176 Å². The molecule has 2 atom stereocenters. The fraction of sp³-hybridized carbons (Fsp3) is 0.826. The average Bonchev–Trinajstić information content (AvgIpc) is 2.88. The lowest BCUT2D eigenvalue weighted by Crippen LogP contribution is -2.48. The summed E-state index contributed by atoms with van der Waals surface area (Å²) < 4.78 is 7.92. The lowest BCUT2D eigenvalue weighted by atomic mass is 9.95. The van der Waals surface area contributed by atoms with Gasteiger partial charge in [-0.2, -0.15) is 5.10 Å². The number of carbonyl (C=O) groups is 1. The number of rotatable bonds is 6. The first-order valence-corrected chi connectivity index (χ1v) is 11.4. The lowest BCUT2D eigenvalue weighted by Gasteiger charge is -2.39. The van der Waals surface area contributed by atoms with Crippen LogP contribution in [0.15, 0.2) is 0 Å². The molecule has 0 spiro atoms. The van der Waals surface area contributed by atoms with Crippen LogP contribution in [-0.4, -0.2) is 70.4 Å². The van der Waals surface area contributed by atoms with Crippen molar-refractivity contribution >= 4 is 5.91 Å². The molecular weight excluding hydrogens is 364 g/mol. The first kappa shape index (κ1) is 22.3. The largest absolute Gasteiger partial charge is 0.373 e. The molecule has 1 aromatic heterocycles. The highest BCUT2D eigenvalue weighted by atomic mass is 16.5. The number of nitrogens with zero attached hydrogens (tertiary/aromatic N) is 4. The SMILES string of the molecule is Cc1nn(CC(C)C)c(C)c1CC(=O)N1CCC(CN2CC(C)OC(C)C2)CC1. The van der Waals surface area contributed by atoms with Gasteiger partial charge in [-0.25, -0.2) is 0 Å². The summed E-state index contributed by atoms with van der Waals surface area (Å²) in [4.78, 5) is 17.6. The standard InChI is InChI=1S/C23H40N4O2/c1-16(2)12-27-20(6)22(19(5)24-27)11-23(28)26-9-7-21(8-10-26)15-25-13-17(3)29-18(4)14-25/h16-18,21H,7-15H2,1-6H3. The van der Waals surface area contributed by atoms with Crippen LogP contribution in [0.4, 0.5) is 0 Å². The molecule has 0 aliphatic carbocycles. The molecule has 2 saturated heterocycles. The van der Waals surface area contributed by atoms with E-state index in [0.29, 0.717) is 30.5 Å². The molecule has 0 N–H and O–H groups in total. The zero-order chi connectivity index (χ0) is 21.1. The molecule has 0 saturated carbocycles. The van der Waals surface area contributed by atoms with E-state index < -0.39 is 0 Å². The van der Waals surface area contributed by atoms with Crippen LogP contribution in [0, 0.1) is 25.7 Å². The molecule has 3 heterocycles. The number of carbonyl (C=O) groups excluding carboxylic acids is 1. The van der Waals surface area contributed by atoms with Crippen molar-refractivity contribution in [3.63, 3.8) is 0 Å². The van der Waals surface area contributed by atoms with E-state index in [-0.39, 0.29) is 5.91 Å². The van der Waals surface area contributed by atoms with E-state index >= 15 is 0 Å². The minimum absolute atomic E-state index is 0.257. The Bertz CT molecular complexity index is 681. The molecule has 1 amide bonds. The third-order valence-corrected chi connectivity index (χ3v) is 6.38. The van der Waals surface area contributed by atoms with Gasteiger partial charge in [0.2, 0.25) is 5.91 Å². The van der Waals surface area contributed by atoms with Gasteiger partial charge in [0, 0.05) is 50.5 Å². The summed E-state index contributed by atoms with van der Waals surface area (Å²) in [6.45, 7) is 18.7. The van der Waals surface area contributed by atoms with Crippen LogP contribution in [0.5, 0.6) is 0 Å². The molecule has 2 aliphatic heterocycles. The molecule has 0 aromatic carbocycles. The Morgan fingerprint density at radius 1 is 1.14 bits per heavy atom. The number of hydrogen-bond donors (Lipinski definition) is 0. The molecule has 3 rings (SSSR count). The first-order valence-electron chi connectivity index (χ1n) is 11.4. The molecule has 164 valence electrons. The quantitative estimate of drug-likeness (QED) is 0.731. The molecule has 29 heavy (non-hydrogen) atoms. The van der Waals surface area contributed by atoms with Gasteiger partial charge >= 0.3 is 0 Å². The number of likely N-dealkylation sites (tertiary alicyclic amines) is 1. The van der Waals surface area contributed by atoms with Crippen molar-refractivity contribution in [1.82, 2.24) is 19.6 Å². The zero-order valence-corrected chi connectivity index (χ0v) is 19.3. The van der Waals surface area contributed by atoms with E-state index in [1.54, 1.807) is 0 Å². The average molecular weight is 405 g/mol. The number of hydrogen-bond acceptors (Lipinski definition) is 4. The molecular formula is C23H40N4O2. The number of ether oxygens (including phenoxy) is 1. The molecule has 6 nitrogen and oxygen atoms in total. The summed E-state index contributed by atoms with van der Waals surface area (Å²) in [5.41, 5.74) is 3.27. The maximum absolute atomic E-state index is 12.9. The second-order valence-corrected chi connectivity index (χ2v) is 9.70. The third-order valence-electron chi connectivity index (χ3n) is 6.38. The Morgan fingerprint density at radius 3 is 2.34 bits per heavy atom. The number of amides is 1. The number of piperidine rings is 1. The van der Waals surface area contributed by atoms with Crippen LogP contribution in [0.3, 0.4) is 0 Å². The summed E-state index contributed by atoms with van der Waals surface area (Å²) in [6, 6.07) is 0. The number of aryl methyl sites for hydroxylation is 1. The Morgan fingerprint density at radius 2 is 1.76 bits per heavy atom. The van der Waals surface area contributed by atoms with Crippen molar-refractivity contribution in [3.05, 3.63) is 17.0 Å². The van der Waals surface area contributed by atoms with Crippen LogP contribution < -0.4 is 0 Å². The fourth-order valence-corrected chi connectivity index (χ4v) is 4.94. The lowest BCUT2D eigenvalue weighted by molar-refractivity contribution is -0.132. The van der Waals surface area contributed by atoms with Gasteiger partial charge in [-0.3, -0.25) is 14.4 Å². The first-order chi connectivity index (χ1) is 13.7. The van der Waals surface area contributed by atoms with E-state index in [1.165, 1.54) is 0 Å². The molecule has 6 heteroatoms. The smallest absolute Gasteiger partial charge is 0.227 e. The van der Waals surface area contributed by atoms with Gasteiger partial charge in [-0.05, 0) is 52.4 Å². The summed E-state index contributed by atoms with van der Waals surface area (Å²) in [6.07, 6.45) is 3.35. The topological polar surface area (TPSA) is 50.6 Å². The van der Waals surface area contributed by atoms with Crippen LogP contribution in [0.2, 0.25) is 0 Å². The van der Waals surface area contributed by atoms with Crippen LogP contribution in [0.25, 0.3) is 0 Å². The summed E-state index contributed by atoms with van der Waals surface area (Å²) in [5.74, 6) is 1.49.